The van der Waals surface area contributed by atoms with E-state index in [2.05, 4.69) is 30.6 Å². The van der Waals surface area contributed by atoms with Gasteiger partial charge in [-0.1, -0.05) is 70.7 Å². The lowest BCUT2D eigenvalue weighted by Gasteiger charge is -2.16. The van der Waals surface area contributed by atoms with Crippen molar-refractivity contribution in [2.75, 3.05) is 14.2 Å². The summed E-state index contributed by atoms with van der Waals surface area (Å²) in [6.07, 6.45) is 13.0. The largest absolute Gasteiger partial charge is 0.497 e. The van der Waals surface area contributed by atoms with Gasteiger partial charge in [0.25, 0.3) is 0 Å². The van der Waals surface area contributed by atoms with Crippen LogP contribution in [0.1, 0.15) is 59.4 Å². The summed E-state index contributed by atoms with van der Waals surface area (Å²) >= 11 is 0. The molecule has 0 aromatic heterocycles. The van der Waals surface area contributed by atoms with E-state index in [9.17, 15) is 4.79 Å². The quantitative estimate of drug-likeness (QED) is 0.200. The number of methoxy groups -OCH3 is 1. The highest BCUT2D eigenvalue weighted by Crippen LogP contribution is 2.22. The molecule has 0 spiro atoms. The SMILES string of the molecule is C=C/C=C(\C=C/C)C(/C=C(\C(=O)CC)C(C)CCCc1ccc(OC)cc1)=NC.CC. The second-order valence-corrected chi connectivity index (χ2v) is 6.98. The standard InChI is InChI=1S/C26H35NO2.C2H6/c1-7-11-22(12-8-2)25(27-5)19-24(26(28)9-3)20(4)13-10-14-21-15-17-23(29-6)18-16-21;1-2/h7-8,11-12,15-20H,1,9-10,13-14H2,2-6H3;1-2H3/b12-8-,22-11+,24-19-,27-25?;. The van der Waals surface area contributed by atoms with Crippen LogP contribution in [-0.4, -0.2) is 25.7 Å². The van der Waals surface area contributed by atoms with Gasteiger partial charge in [0.15, 0.2) is 5.78 Å². The lowest BCUT2D eigenvalue weighted by atomic mass is 9.88. The average molecular weight is 424 g/mol. The first kappa shape index (κ1) is 28.3. The van der Waals surface area contributed by atoms with Crippen molar-refractivity contribution in [3.8, 4) is 5.75 Å². The van der Waals surface area contributed by atoms with Gasteiger partial charge in [-0.2, -0.15) is 0 Å². The first-order valence-electron chi connectivity index (χ1n) is 11.3. The van der Waals surface area contributed by atoms with Crippen LogP contribution in [0.5, 0.6) is 5.75 Å². The zero-order valence-corrected chi connectivity index (χ0v) is 20.6. The van der Waals surface area contributed by atoms with E-state index in [-0.39, 0.29) is 11.7 Å². The smallest absolute Gasteiger partial charge is 0.158 e. The molecule has 1 atom stereocenters. The number of allylic oxidation sites excluding steroid dienone is 7. The molecule has 1 rings (SSSR count). The highest BCUT2D eigenvalue weighted by molar-refractivity contribution is 6.14. The number of carbonyl (C=O) groups excluding carboxylic acids is 1. The third-order valence-corrected chi connectivity index (χ3v) is 4.91. The van der Waals surface area contributed by atoms with Crippen molar-refractivity contribution in [3.05, 3.63) is 77.9 Å². The fourth-order valence-electron chi connectivity index (χ4n) is 3.22. The number of carbonyl (C=O) groups is 1. The molecule has 0 aliphatic heterocycles. The van der Waals surface area contributed by atoms with E-state index < -0.39 is 0 Å². The first-order chi connectivity index (χ1) is 15.0. The lowest BCUT2D eigenvalue weighted by Crippen LogP contribution is -2.13. The van der Waals surface area contributed by atoms with Crippen LogP contribution in [0.3, 0.4) is 0 Å². The number of aryl methyl sites for hydroxylation is 1. The molecule has 3 nitrogen and oxygen atoms in total. The molecule has 0 heterocycles. The average Bonchev–Trinajstić information content (AvgIpc) is 2.81. The van der Waals surface area contributed by atoms with Crippen LogP contribution in [0.2, 0.25) is 0 Å². The molecule has 0 aliphatic carbocycles. The molecule has 0 saturated heterocycles. The Hall–Kier alpha value is -2.68. The molecular formula is C28H41NO2. The van der Waals surface area contributed by atoms with Crippen molar-refractivity contribution >= 4 is 11.5 Å². The first-order valence-corrected chi connectivity index (χ1v) is 11.3. The summed E-state index contributed by atoms with van der Waals surface area (Å²) < 4.78 is 5.21. The van der Waals surface area contributed by atoms with Crippen LogP contribution in [0, 0.1) is 5.92 Å². The monoisotopic (exact) mass is 423 g/mol. The van der Waals surface area contributed by atoms with Crippen molar-refractivity contribution in [1.82, 2.24) is 0 Å². The summed E-state index contributed by atoms with van der Waals surface area (Å²) in [5.74, 6) is 1.23. The summed E-state index contributed by atoms with van der Waals surface area (Å²) in [6.45, 7) is 13.8. The molecule has 0 amide bonds. The number of nitrogens with zero attached hydrogens (tertiary/aromatic N) is 1. The molecule has 31 heavy (non-hydrogen) atoms. The Bertz CT molecular complexity index is 780. The number of ether oxygens (including phenoxy) is 1. The van der Waals surface area contributed by atoms with Gasteiger partial charge in [0.2, 0.25) is 0 Å². The summed E-state index contributed by atoms with van der Waals surface area (Å²) in [7, 11) is 3.43. The van der Waals surface area contributed by atoms with Crippen LogP contribution in [0.4, 0.5) is 0 Å². The topological polar surface area (TPSA) is 38.7 Å². The predicted octanol–water partition coefficient (Wildman–Crippen LogP) is 7.35. The number of aliphatic imine (C=N–C) groups is 1. The number of ketones is 1. The lowest BCUT2D eigenvalue weighted by molar-refractivity contribution is -0.115. The molecule has 170 valence electrons. The van der Waals surface area contributed by atoms with Crippen LogP contribution in [0.25, 0.3) is 0 Å². The molecule has 0 saturated carbocycles. The van der Waals surface area contributed by atoms with Gasteiger partial charge in [-0.25, -0.2) is 0 Å². The van der Waals surface area contributed by atoms with Gasteiger partial charge in [-0.05, 0) is 61.4 Å². The Balaban J connectivity index is 0.00000436. The van der Waals surface area contributed by atoms with Crippen molar-refractivity contribution in [3.63, 3.8) is 0 Å². The molecule has 0 aliphatic rings. The normalized spacial score (nSPS) is 13.5. The van der Waals surface area contributed by atoms with E-state index in [0.29, 0.717) is 6.42 Å². The third kappa shape index (κ3) is 10.3. The molecule has 0 radical (unpaired) electrons. The highest BCUT2D eigenvalue weighted by Gasteiger charge is 2.17. The summed E-state index contributed by atoms with van der Waals surface area (Å²) in [5.41, 5.74) is 3.89. The minimum absolute atomic E-state index is 0.174. The molecule has 1 aromatic carbocycles. The summed E-state index contributed by atoms with van der Waals surface area (Å²) in [6, 6.07) is 8.18. The van der Waals surface area contributed by atoms with Gasteiger partial charge < -0.3 is 4.74 Å². The Labute approximate surface area is 190 Å². The van der Waals surface area contributed by atoms with Gasteiger partial charge in [-0.3, -0.25) is 9.79 Å². The minimum atomic E-state index is 0.174. The maximum absolute atomic E-state index is 12.7. The molecule has 3 heteroatoms. The summed E-state index contributed by atoms with van der Waals surface area (Å²) in [5, 5.41) is 0. The highest BCUT2D eigenvalue weighted by atomic mass is 16.5. The zero-order chi connectivity index (χ0) is 23.6. The number of benzene rings is 1. The maximum Gasteiger partial charge on any atom is 0.158 e. The Morgan fingerprint density at radius 1 is 1.23 bits per heavy atom. The van der Waals surface area contributed by atoms with Crippen molar-refractivity contribution in [2.45, 2.75) is 60.3 Å². The van der Waals surface area contributed by atoms with Crippen molar-refractivity contribution in [2.24, 2.45) is 10.9 Å². The van der Waals surface area contributed by atoms with Crippen LogP contribution >= 0.6 is 0 Å². The van der Waals surface area contributed by atoms with Gasteiger partial charge in [-0.15, -0.1) is 0 Å². The Morgan fingerprint density at radius 2 is 1.87 bits per heavy atom. The van der Waals surface area contributed by atoms with E-state index in [4.69, 9.17) is 4.74 Å². The minimum Gasteiger partial charge on any atom is -0.497 e. The fourth-order valence-corrected chi connectivity index (χ4v) is 3.22. The molecule has 0 N–H and O–H groups in total. The van der Waals surface area contributed by atoms with Gasteiger partial charge in [0, 0.05) is 19.0 Å². The second kappa shape index (κ2) is 17.0. The van der Waals surface area contributed by atoms with E-state index in [1.54, 1.807) is 20.2 Å². The van der Waals surface area contributed by atoms with Crippen molar-refractivity contribution in [1.29, 1.82) is 0 Å². The molecule has 0 bridgehead atoms. The van der Waals surface area contributed by atoms with Gasteiger partial charge >= 0.3 is 0 Å². The van der Waals surface area contributed by atoms with Crippen molar-refractivity contribution < 1.29 is 9.53 Å². The second-order valence-electron chi connectivity index (χ2n) is 6.98. The number of hydrogen-bond donors (Lipinski definition) is 0. The number of hydrogen-bond acceptors (Lipinski definition) is 3. The van der Waals surface area contributed by atoms with Crippen LogP contribution < -0.4 is 4.74 Å². The van der Waals surface area contributed by atoms with Gasteiger partial charge in [0.1, 0.15) is 5.75 Å². The Kier molecular flexibility index (Phi) is 15.6. The number of Topliss-reactive ketones (excluding diaryl/α,β-unsaturated/α-hetero) is 1. The molecular weight excluding hydrogens is 382 g/mol. The third-order valence-electron chi connectivity index (χ3n) is 4.91. The van der Waals surface area contributed by atoms with Crippen LogP contribution in [0.15, 0.2) is 77.4 Å². The molecule has 1 aromatic rings. The van der Waals surface area contributed by atoms with Crippen LogP contribution in [-0.2, 0) is 11.2 Å². The number of rotatable bonds is 12. The fraction of sp³-hybridized carbons (Fsp3) is 0.429. The molecule has 0 fully saturated rings. The van der Waals surface area contributed by atoms with E-state index in [1.807, 2.05) is 64.1 Å². The summed E-state index contributed by atoms with van der Waals surface area (Å²) in [4.78, 5) is 17.1. The van der Waals surface area contributed by atoms with E-state index in [1.165, 1.54) is 5.56 Å². The van der Waals surface area contributed by atoms with E-state index >= 15 is 0 Å². The van der Waals surface area contributed by atoms with Gasteiger partial charge in [0.05, 0.1) is 12.8 Å². The predicted molar refractivity (Wildman–Crippen MR) is 136 cm³/mol. The maximum atomic E-state index is 12.7. The Morgan fingerprint density at radius 3 is 2.35 bits per heavy atom. The molecule has 1 unspecified atom stereocenters. The van der Waals surface area contributed by atoms with E-state index in [0.717, 1.165) is 41.9 Å². The zero-order valence-electron chi connectivity index (χ0n) is 20.6.